The van der Waals surface area contributed by atoms with E-state index in [1.54, 1.807) is 9.80 Å². The highest BCUT2D eigenvalue weighted by Crippen LogP contribution is 2.38. The highest BCUT2D eigenvalue weighted by Gasteiger charge is 2.49. The number of hydrogen-bond acceptors (Lipinski definition) is 3. The van der Waals surface area contributed by atoms with Gasteiger partial charge in [0, 0.05) is 25.7 Å². The minimum absolute atomic E-state index is 0.0199. The number of carbonyl (C=O) groups is 2. The fourth-order valence-corrected chi connectivity index (χ4v) is 2.75. The second-order valence-corrected chi connectivity index (χ2v) is 6.08. The number of nitrogens with zero attached hydrogens (tertiary/aromatic N) is 2. The summed E-state index contributed by atoms with van der Waals surface area (Å²) in [5.41, 5.74) is -0.850. The molecule has 0 radical (unpaired) electrons. The summed E-state index contributed by atoms with van der Waals surface area (Å²) in [7, 11) is 0. The molecule has 0 spiro atoms. The standard InChI is InChI=1S/C14H26N2O4/c1-10(2)14(12(18)19)5-6-15(9-14)13(20)16(7-8-17)11(3)4/h10-11,17H,5-9H2,1-4H3,(H,18,19). The third-order valence-electron chi connectivity index (χ3n) is 4.31. The number of likely N-dealkylation sites (tertiary alicyclic amines) is 1. The zero-order chi connectivity index (χ0) is 15.5. The Bertz CT molecular complexity index is 370. The lowest BCUT2D eigenvalue weighted by Gasteiger charge is -2.33. The molecule has 1 rings (SSSR count). The van der Waals surface area contributed by atoms with E-state index in [9.17, 15) is 14.7 Å². The van der Waals surface area contributed by atoms with Crippen molar-refractivity contribution in [3.8, 4) is 0 Å². The first-order valence-corrected chi connectivity index (χ1v) is 7.16. The number of carboxylic acid groups (broad SMARTS) is 1. The molecule has 2 amide bonds. The van der Waals surface area contributed by atoms with E-state index in [1.165, 1.54) is 0 Å². The van der Waals surface area contributed by atoms with Crippen LogP contribution in [0, 0.1) is 11.3 Å². The number of amides is 2. The van der Waals surface area contributed by atoms with Crippen molar-refractivity contribution in [1.82, 2.24) is 9.80 Å². The van der Waals surface area contributed by atoms with Crippen molar-refractivity contribution < 1.29 is 19.8 Å². The average Bonchev–Trinajstić information content (AvgIpc) is 2.81. The molecule has 0 aromatic carbocycles. The summed E-state index contributed by atoms with van der Waals surface area (Å²) in [6.45, 7) is 8.42. The molecule has 0 saturated carbocycles. The lowest BCUT2D eigenvalue weighted by molar-refractivity contribution is -0.150. The summed E-state index contributed by atoms with van der Waals surface area (Å²) in [5, 5.41) is 18.5. The van der Waals surface area contributed by atoms with Gasteiger partial charge < -0.3 is 20.0 Å². The van der Waals surface area contributed by atoms with E-state index in [0.717, 1.165) is 0 Å². The van der Waals surface area contributed by atoms with Gasteiger partial charge in [-0.2, -0.15) is 0 Å². The summed E-state index contributed by atoms with van der Waals surface area (Å²) in [6, 6.07) is -0.202. The Morgan fingerprint density at radius 3 is 2.25 bits per heavy atom. The van der Waals surface area contributed by atoms with Crippen LogP contribution < -0.4 is 0 Å². The molecule has 6 heteroatoms. The molecular formula is C14H26N2O4. The van der Waals surface area contributed by atoms with E-state index in [-0.39, 0.29) is 37.7 Å². The largest absolute Gasteiger partial charge is 0.481 e. The quantitative estimate of drug-likeness (QED) is 0.797. The van der Waals surface area contributed by atoms with Gasteiger partial charge in [-0.05, 0) is 26.2 Å². The lowest BCUT2D eigenvalue weighted by Crippen LogP contribution is -2.48. The first-order valence-electron chi connectivity index (χ1n) is 7.16. The number of aliphatic hydroxyl groups is 1. The van der Waals surface area contributed by atoms with E-state index in [4.69, 9.17) is 5.11 Å². The molecule has 6 nitrogen and oxygen atoms in total. The van der Waals surface area contributed by atoms with Crippen LogP contribution in [0.5, 0.6) is 0 Å². The summed E-state index contributed by atoms with van der Waals surface area (Å²) in [4.78, 5) is 27.2. The van der Waals surface area contributed by atoms with Gasteiger partial charge in [0.15, 0.2) is 0 Å². The Morgan fingerprint density at radius 1 is 1.30 bits per heavy atom. The number of carbonyl (C=O) groups excluding carboxylic acids is 1. The number of aliphatic hydroxyl groups excluding tert-OH is 1. The van der Waals surface area contributed by atoms with Crippen LogP contribution in [0.3, 0.4) is 0 Å². The fraction of sp³-hybridized carbons (Fsp3) is 0.857. The second kappa shape index (κ2) is 6.43. The molecule has 1 aliphatic heterocycles. The number of aliphatic carboxylic acids is 1. The Balaban J connectivity index is 2.85. The Labute approximate surface area is 120 Å². The molecule has 0 aromatic rings. The summed E-state index contributed by atoms with van der Waals surface area (Å²) < 4.78 is 0. The normalized spacial score (nSPS) is 22.6. The fourth-order valence-electron chi connectivity index (χ4n) is 2.75. The third-order valence-corrected chi connectivity index (χ3v) is 4.31. The van der Waals surface area contributed by atoms with Crippen LogP contribution in [0.25, 0.3) is 0 Å². The molecule has 1 atom stereocenters. The van der Waals surface area contributed by atoms with E-state index in [0.29, 0.717) is 13.0 Å². The Morgan fingerprint density at radius 2 is 1.90 bits per heavy atom. The maximum Gasteiger partial charge on any atom is 0.320 e. The zero-order valence-electron chi connectivity index (χ0n) is 12.8. The van der Waals surface area contributed by atoms with E-state index < -0.39 is 11.4 Å². The topological polar surface area (TPSA) is 81.1 Å². The molecule has 1 aliphatic rings. The van der Waals surface area contributed by atoms with Crippen molar-refractivity contribution in [2.75, 3.05) is 26.2 Å². The number of urea groups is 1. The van der Waals surface area contributed by atoms with Crippen LogP contribution in [0.1, 0.15) is 34.1 Å². The van der Waals surface area contributed by atoms with Gasteiger partial charge in [0.25, 0.3) is 0 Å². The van der Waals surface area contributed by atoms with Gasteiger partial charge in [-0.3, -0.25) is 4.79 Å². The third kappa shape index (κ3) is 3.06. The molecule has 0 aliphatic carbocycles. The monoisotopic (exact) mass is 286 g/mol. The highest BCUT2D eigenvalue weighted by molar-refractivity contribution is 5.80. The first-order chi connectivity index (χ1) is 9.26. The van der Waals surface area contributed by atoms with Crippen LogP contribution in [0.4, 0.5) is 4.79 Å². The maximum atomic E-state index is 12.5. The smallest absolute Gasteiger partial charge is 0.320 e. The molecule has 1 unspecified atom stereocenters. The molecular weight excluding hydrogens is 260 g/mol. The minimum Gasteiger partial charge on any atom is -0.481 e. The number of carboxylic acids is 1. The van der Waals surface area contributed by atoms with Gasteiger partial charge in [0.2, 0.25) is 0 Å². The van der Waals surface area contributed by atoms with Gasteiger partial charge >= 0.3 is 12.0 Å². The van der Waals surface area contributed by atoms with E-state index >= 15 is 0 Å². The summed E-state index contributed by atoms with van der Waals surface area (Å²) >= 11 is 0. The molecule has 0 bridgehead atoms. The van der Waals surface area contributed by atoms with Gasteiger partial charge in [0.05, 0.1) is 12.0 Å². The molecule has 1 saturated heterocycles. The maximum absolute atomic E-state index is 12.5. The second-order valence-electron chi connectivity index (χ2n) is 6.08. The van der Waals surface area contributed by atoms with Crippen molar-refractivity contribution >= 4 is 12.0 Å². The molecule has 0 aromatic heterocycles. The van der Waals surface area contributed by atoms with Crippen LogP contribution >= 0.6 is 0 Å². The van der Waals surface area contributed by atoms with Crippen molar-refractivity contribution in [1.29, 1.82) is 0 Å². The molecule has 1 heterocycles. The van der Waals surface area contributed by atoms with Crippen molar-refractivity contribution in [3.05, 3.63) is 0 Å². The van der Waals surface area contributed by atoms with Gasteiger partial charge in [-0.25, -0.2) is 4.79 Å². The lowest BCUT2D eigenvalue weighted by atomic mass is 9.76. The predicted octanol–water partition coefficient (Wildman–Crippen LogP) is 1.24. The van der Waals surface area contributed by atoms with Crippen molar-refractivity contribution in [3.63, 3.8) is 0 Å². The number of rotatable bonds is 5. The Hall–Kier alpha value is -1.30. The molecule has 1 fully saturated rings. The van der Waals surface area contributed by atoms with Crippen molar-refractivity contribution in [2.24, 2.45) is 11.3 Å². The Kier molecular flexibility index (Phi) is 5.39. The highest BCUT2D eigenvalue weighted by atomic mass is 16.4. The molecule has 2 N–H and O–H groups in total. The van der Waals surface area contributed by atoms with Gasteiger partial charge in [-0.15, -0.1) is 0 Å². The van der Waals surface area contributed by atoms with Crippen LogP contribution in [-0.4, -0.2) is 64.3 Å². The van der Waals surface area contributed by atoms with Crippen LogP contribution in [0.15, 0.2) is 0 Å². The zero-order valence-corrected chi connectivity index (χ0v) is 12.8. The van der Waals surface area contributed by atoms with Crippen LogP contribution in [0.2, 0.25) is 0 Å². The average molecular weight is 286 g/mol. The summed E-state index contributed by atoms with van der Waals surface area (Å²) in [5.74, 6) is -0.857. The van der Waals surface area contributed by atoms with Crippen molar-refractivity contribution in [2.45, 2.75) is 40.2 Å². The SMILES string of the molecule is CC(C)N(CCO)C(=O)N1CCC(C(=O)O)(C(C)C)C1. The summed E-state index contributed by atoms with van der Waals surface area (Å²) in [6.07, 6.45) is 0.483. The van der Waals surface area contributed by atoms with Gasteiger partial charge in [0.1, 0.15) is 0 Å². The predicted molar refractivity (Wildman–Crippen MR) is 75.4 cm³/mol. The van der Waals surface area contributed by atoms with Crippen LogP contribution in [-0.2, 0) is 4.79 Å². The van der Waals surface area contributed by atoms with E-state index in [2.05, 4.69) is 0 Å². The minimum atomic E-state index is -0.850. The first kappa shape index (κ1) is 16.8. The van der Waals surface area contributed by atoms with E-state index in [1.807, 2.05) is 27.7 Å². The number of hydrogen-bond donors (Lipinski definition) is 2. The molecule has 116 valence electrons. The molecule has 20 heavy (non-hydrogen) atoms. The van der Waals surface area contributed by atoms with Gasteiger partial charge in [-0.1, -0.05) is 13.8 Å².